The summed E-state index contributed by atoms with van der Waals surface area (Å²) in [7, 11) is 0. The lowest BCUT2D eigenvalue weighted by Gasteiger charge is -2.25. The zero-order valence-corrected chi connectivity index (χ0v) is 15.8. The van der Waals surface area contributed by atoms with E-state index in [9.17, 15) is 5.11 Å². The molecule has 2 atom stereocenters. The molecular weight excluding hydrogens is 500 g/mol. The lowest BCUT2D eigenvalue weighted by molar-refractivity contribution is 0.467. The van der Waals surface area contributed by atoms with Crippen LogP contribution in [-0.2, 0) is 6.42 Å². The molecule has 7 heteroatoms. The smallest absolute Gasteiger partial charge is 0.142 e. The van der Waals surface area contributed by atoms with Gasteiger partial charge in [-0.2, -0.15) is 0 Å². The van der Waals surface area contributed by atoms with E-state index in [0.717, 1.165) is 26.5 Å². The molecule has 2 heterocycles. The summed E-state index contributed by atoms with van der Waals surface area (Å²) in [5.41, 5.74) is 8.49. The van der Waals surface area contributed by atoms with Crippen LogP contribution in [0.2, 0.25) is 0 Å². The van der Waals surface area contributed by atoms with E-state index in [1.54, 1.807) is 11.8 Å². The van der Waals surface area contributed by atoms with Crippen LogP contribution in [0.15, 0.2) is 22.7 Å². The second-order valence-corrected chi connectivity index (χ2v) is 8.40. The summed E-state index contributed by atoms with van der Waals surface area (Å²) in [5, 5.41) is 16.8. The molecule has 0 aliphatic carbocycles. The molecule has 0 saturated heterocycles. The first-order valence-corrected chi connectivity index (χ1v) is 9.40. The molecule has 20 heavy (non-hydrogen) atoms. The average molecular weight is 515 g/mol. The van der Waals surface area contributed by atoms with Gasteiger partial charge < -0.3 is 21.5 Å². The van der Waals surface area contributed by atoms with E-state index in [4.69, 9.17) is 5.73 Å². The minimum atomic E-state index is -0.0116. The van der Waals surface area contributed by atoms with Gasteiger partial charge in [-0.1, -0.05) is 11.8 Å². The Morgan fingerprint density at radius 1 is 1.35 bits per heavy atom. The van der Waals surface area contributed by atoms with Gasteiger partial charge in [0.05, 0.1) is 7.14 Å². The summed E-state index contributed by atoms with van der Waals surface area (Å²) in [4.78, 5) is 1.35. The van der Waals surface area contributed by atoms with Gasteiger partial charge in [0.15, 0.2) is 0 Å². The van der Waals surface area contributed by atoms with Crippen LogP contribution in [-0.4, -0.2) is 23.2 Å². The summed E-state index contributed by atoms with van der Waals surface area (Å²) in [6.07, 6.45) is 1.95. The van der Waals surface area contributed by atoms with Gasteiger partial charge in [-0.05, 0) is 69.3 Å². The molecular formula is C13H15I2N3OS. The van der Waals surface area contributed by atoms with Gasteiger partial charge >= 0.3 is 0 Å². The van der Waals surface area contributed by atoms with Crippen LogP contribution in [0.3, 0.4) is 0 Å². The van der Waals surface area contributed by atoms with Crippen molar-refractivity contribution in [3.63, 3.8) is 0 Å². The third-order valence-corrected chi connectivity index (χ3v) is 6.27. The Balaban J connectivity index is 1.83. The van der Waals surface area contributed by atoms with Crippen molar-refractivity contribution in [3.05, 3.63) is 35.4 Å². The van der Waals surface area contributed by atoms with Crippen LogP contribution in [0, 0.1) is 7.14 Å². The second-order valence-electron chi connectivity index (χ2n) is 4.89. The Bertz CT molecular complexity index is 556. The van der Waals surface area contributed by atoms with Gasteiger partial charge in [-0.25, -0.2) is 0 Å². The molecule has 3 rings (SSSR count). The normalized spacial score (nSPS) is 25.6. The highest BCUT2D eigenvalue weighted by Crippen LogP contribution is 2.36. The number of rotatable bonds is 2. The van der Waals surface area contributed by atoms with Crippen molar-refractivity contribution in [2.45, 2.75) is 24.4 Å². The van der Waals surface area contributed by atoms with Gasteiger partial charge in [0, 0.05) is 29.6 Å². The maximum atomic E-state index is 9.85. The molecule has 2 aliphatic heterocycles. The first-order valence-electron chi connectivity index (χ1n) is 6.36. The Hall–Kier alpha value is 0.290. The van der Waals surface area contributed by atoms with Crippen LogP contribution in [0.25, 0.3) is 0 Å². The highest BCUT2D eigenvalue weighted by atomic mass is 127. The number of phenols is 1. The lowest BCUT2D eigenvalue weighted by atomic mass is 10.0. The van der Waals surface area contributed by atoms with Crippen molar-refractivity contribution in [1.29, 1.82) is 0 Å². The lowest BCUT2D eigenvalue weighted by Crippen LogP contribution is -2.38. The van der Waals surface area contributed by atoms with Crippen molar-refractivity contribution in [2.24, 2.45) is 5.73 Å². The van der Waals surface area contributed by atoms with Crippen molar-refractivity contribution in [1.82, 2.24) is 10.6 Å². The standard InChI is InChI=1S/C13H15I2N3OS/c14-7-3-6(4-8(15)11(7)19)5-10-12-9(1-2-17-10)18-13(16)20-12/h3-4,10,13,17-19H,1-2,5,16H2. The third kappa shape index (κ3) is 3.06. The zero-order chi connectivity index (χ0) is 14.3. The molecule has 0 amide bonds. The molecule has 108 valence electrons. The van der Waals surface area contributed by atoms with E-state index in [1.165, 1.54) is 16.2 Å². The molecule has 0 aromatic heterocycles. The Morgan fingerprint density at radius 3 is 2.75 bits per heavy atom. The van der Waals surface area contributed by atoms with Crippen LogP contribution in [0.4, 0.5) is 0 Å². The van der Waals surface area contributed by atoms with Crippen LogP contribution >= 0.6 is 56.9 Å². The number of hydrogen-bond donors (Lipinski definition) is 4. The Kier molecular flexibility index (Phi) is 4.70. The maximum absolute atomic E-state index is 9.85. The number of nitrogens with one attached hydrogen (secondary N) is 2. The van der Waals surface area contributed by atoms with Gasteiger partial charge in [-0.3, -0.25) is 0 Å². The van der Waals surface area contributed by atoms with Gasteiger partial charge in [0.1, 0.15) is 11.2 Å². The SMILES string of the molecule is NC1NC2=C(S1)C(Cc1cc(I)c(O)c(I)c1)NCC2. The number of aromatic hydroxyl groups is 1. The molecule has 1 aromatic carbocycles. The van der Waals surface area contributed by atoms with Gasteiger partial charge in [0.2, 0.25) is 0 Å². The molecule has 0 fully saturated rings. The minimum absolute atomic E-state index is 0.0116. The monoisotopic (exact) mass is 515 g/mol. The summed E-state index contributed by atoms with van der Waals surface area (Å²) in [6, 6.07) is 4.43. The molecule has 4 nitrogen and oxygen atoms in total. The second kappa shape index (κ2) is 6.19. The van der Waals surface area contributed by atoms with E-state index in [1.807, 2.05) is 0 Å². The summed E-state index contributed by atoms with van der Waals surface area (Å²) in [5.74, 6) is 0.380. The molecule has 2 aliphatic rings. The van der Waals surface area contributed by atoms with Crippen molar-refractivity contribution < 1.29 is 5.11 Å². The fourth-order valence-corrected chi connectivity index (χ4v) is 5.57. The maximum Gasteiger partial charge on any atom is 0.142 e. The highest BCUT2D eigenvalue weighted by molar-refractivity contribution is 14.1. The van der Waals surface area contributed by atoms with E-state index >= 15 is 0 Å². The van der Waals surface area contributed by atoms with Crippen molar-refractivity contribution in [3.8, 4) is 5.75 Å². The third-order valence-electron chi connectivity index (χ3n) is 3.47. The van der Waals surface area contributed by atoms with Gasteiger partial charge in [0.25, 0.3) is 0 Å². The van der Waals surface area contributed by atoms with Crippen molar-refractivity contribution >= 4 is 56.9 Å². The Labute approximate surface area is 149 Å². The van der Waals surface area contributed by atoms with E-state index in [0.29, 0.717) is 11.8 Å². The molecule has 0 radical (unpaired) electrons. The van der Waals surface area contributed by atoms with Crippen molar-refractivity contribution in [2.75, 3.05) is 6.54 Å². The molecule has 0 saturated carbocycles. The molecule has 0 spiro atoms. The topological polar surface area (TPSA) is 70.3 Å². The number of nitrogens with two attached hydrogens (primary N) is 1. The quantitative estimate of drug-likeness (QED) is 0.456. The minimum Gasteiger partial charge on any atom is -0.506 e. The predicted octanol–water partition coefficient (Wildman–Crippen LogP) is 2.30. The first kappa shape index (κ1) is 15.2. The average Bonchev–Trinajstić information content (AvgIpc) is 2.77. The number of phenolic OH excluding ortho intramolecular Hbond substituents is 1. The van der Waals surface area contributed by atoms with E-state index < -0.39 is 0 Å². The number of halogens is 2. The zero-order valence-electron chi connectivity index (χ0n) is 10.6. The largest absolute Gasteiger partial charge is 0.506 e. The first-order chi connectivity index (χ1) is 9.54. The number of benzene rings is 1. The fraction of sp³-hybridized carbons (Fsp3) is 0.385. The predicted molar refractivity (Wildman–Crippen MR) is 99.4 cm³/mol. The molecule has 1 aromatic rings. The van der Waals surface area contributed by atoms with E-state index in [2.05, 4.69) is 67.9 Å². The molecule has 0 bridgehead atoms. The van der Waals surface area contributed by atoms with Crippen LogP contribution < -0.4 is 16.4 Å². The molecule has 2 unspecified atom stereocenters. The highest BCUT2D eigenvalue weighted by Gasteiger charge is 2.30. The molecule has 5 N–H and O–H groups in total. The summed E-state index contributed by atoms with van der Waals surface area (Å²) in [6.45, 7) is 0.982. The number of hydrogen-bond acceptors (Lipinski definition) is 5. The summed E-state index contributed by atoms with van der Waals surface area (Å²) < 4.78 is 1.81. The summed E-state index contributed by atoms with van der Waals surface area (Å²) >= 11 is 6.08. The van der Waals surface area contributed by atoms with Crippen LogP contribution in [0.5, 0.6) is 5.75 Å². The van der Waals surface area contributed by atoms with E-state index in [-0.39, 0.29) is 5.50 Å². The van der Waals surface area contributed by atoms with Crippen LogP contribution in [0.1, 0.15) is 12.0 Å². The fourth-order valence-electron chi connectivity index (χ4n) is 2.57. The Morgan fingerprint density at radius 2 is 2.05 bits per heavy atom. The van der Waals surface area contributed by atoms with Gasteiger partial charge in [-0.15, -0.1) is 0 Å². The number of thioether (sulfide) groups is 1.